The quantitative estimate of drug-likeness (QED) is 0.534. The van der Waals surface area contributed by atoms with Crippen molar-refractivity contribution in [1.82, 2.24) is 9.78 Å². The van der Waals surface area contributed by atoms with Crippen molar-refractivity contribution in [2.45, 2.75) is 39.5 Å². The van der Waals surface area contributed by atoms with Crippen molar-refractivity contribution < 1.29 is 14.8 Å². The van der Waals surface area contributed by atoms with Gasteiger partial charge in [0.25, 0.3) is 0 Å². The van der Waals surface area contributed by atoms with Crippen LogP contribution in [0.15, 0.2) is 0 Å². The number of anilines is 1. The fourth-order valence-electron chi connectivity index (χ4n) is 2.24. The van der Waals surface area contributed by atoms with Gasteiger partial charge in [0.1, 0.15) is 5.69 Å². The van der Waals surface area contributed by atoms with Gasteiger partial charge in [-0.3, -0.25) is 14.9 Å². The van der Waals surface area contributed by atoms with Crippen LogP contribution in [-0.2, 0) is 18.3 Å². The summed E-state index contributed by atoms with van der Waals surface area (Å²) in [5, 5.41) is 27.4. The highest BCUT2D eigenvalue weighted by Gasteiger charge is 2.27. The van der Waals surface area contributed by atoms with Gasteiger partial charge in [0, 0.05) is 13.6 Å². The van der Waals surface area contributed by atoms with Crippen LogP contribution in [0.3, 0.4) is 0 Å². The number of aryl methyl sites for hydroxylation is 2. The van der Waals surface area contributed by atoms with Gasteiger partial charge in [-0.2, -0.15) is 5.10 Å². The summed E-state index contributed by atoms with van der Waals surface area (Å²) in [6.07, 6.45) is 2.54. The third-order valence-electron chi connectivity index (χ3n) is 3.26. The minimum Gasteiger partial charge on any atom is -0.481 e. The van der Waals surface area contributed by atoms with Crippen molar-refractivity contribution in [2.24, 2.45) is 13.0 Å². The molecule has 8 heteroatoms. The van der Waals surface area contributed by atoms with Crippen LogP contribution in [0, 0.1) is 16.0 Å². The molecular weight excluding hydrogens is 276 g/mol. The summed E-state index contributed by atoms with van der Waals surface area (Å²) in [5.74, 6) is -1.20. The average molecular weight is 298 g/mol. The Morgan fingerprint density at radius 1 is 1.48 bits per heavy atom. The van der Waals surface area contributed by atoms with Gasteiger partial charge < -0.3 is 10.4 Å². The molecule has 0 bridgehead atoms. The minimum absolute atomic E-state index is 0.0556. The number of nitrogens with one attached hydrogen (secondary N) is 1. The summed E-state index contributed by atoms with van der Waals surface area (Å²) in [6.45, 7) is 3.98. The van der Waals surface area contributed by atoms with Crippen molar-refractivity contribution in [2.75, 3.05) is 11.9 Å². The topological polar surface area (TPSA) is 110 Å². The number of carboxylic acids is 1. The second kappa shape index (κ2) is 7.61. The SMILES string of the molecule is CCCc1nn(C)c(NCC(CCC)C(=O)O)c1[N+](=O)[O-]. The Labute approximate surface area is 123 Å². The van der Waals surface area contributed by atoms with Crippen LogP contribution in [0.25, 0.3) is 0 Å². The first-order valence-electron chi connectivity index (χ1n) is 7.09. The molecule has 1 aromatic heterocycles. The molecule has 0 aromatic carbocycles. The predicted octanol–water partition coefficient (Wildman–Crippen LogP) is 2.19. The number of nitrogens with zero attached hydrogens (tertiary/aromatic N) is 3. The van der Waals surface area contributed by atoms with Crippen LogP contribution < -0.4 is 5.32 Å². The van der Waals surface area contributed by atoms with Gasteiger partial charge >= 0.3 is 11.7 Å². The standard InChI is InChI=1S/C13H22N4O4/c1-4-6-9(13(18)19)8-14-12-11(17(20)21)10(7-5-2)15-16(12)3/h9,14H,4-8H2,1-3H3,(H,18,19). The van der Waals surface area contributed by atoms with E-state index < -0.39 is 16.8 Å². The lowest BCUT2D eigenvalue weighted by Crippen LogP contribution is -2.23. The number of carboxylic acid groups (broad SMARTS) is 1. The zero-order chi connectivity index (χ0) is 16.0. The van der Waals surface area contributed by atoms with E-state index in [1.807, 2.05) is 13.8 Å². The summed E-state index contributed by atoms with van der Waals surface area (Å²) in [6, 6.07) is 0. The second-order valence-electron chi connectivity index (χ2n) is 4.98. The van der Waals surface area contributed by atoms with E-state index in [0.29, 0.717) is 18.5 Å². The highest BCUT2D eigenvalue weighted by atomic mass is 16.6. The van der Waals surface area contributed by atoms with Gasteiger partial charge in [-0.05, 0) is 12.8 Å². The van der Waals surface area contributed by atoms with Crippen LogP contribution in [0.2, 0.25) is 0 Å². The molecule has 0 fully saturated rings. The van der Waals surface area contributed by atoms with Crippen molar-refractivity contribution >= 4 is 17.5 Å². The monoisotopic (exact) mass is 298 g/mol. The third-order valence-corrected chi connectivity index (χ3v) is 3.26. The van der Waals surface area contributed by atoms with E-state index in [4.69, 9.17) is 5.11 Å². The second-order valence-corrected chi connectivity index (χ2v) is 4.98. The minimum atomic E-state index is -0.900. The third kappa shape index (κ3) is 4.17. The first-order chi connectivity index (χ1) is 9.92. The van der Waals surface area contributed by atoms with E-state index >= 15 is 0 Å². The van der Waals surface area contributed by atoms with Gasteiger partial charge in [0.15, 0.2) is 0 Å². The molecule has 118 valence electrons. The van der Waals surface area contributed by atoms with Gasteiger partial charge in [-0.15, -0.1) is 0 Å². The zero-order valence-corrected chi connectivity index (χ0v) is 12.6. The van der Waals surface area contributed by atoms with Crippen LogP contribution in [0.5, 0.6) is 0 Å². The Morgan fingerprint density at radius 3 is 2.62 bits per heavy atom. The Morgan fingerprint density at radius 2 is 2.14 bits per heavy atom. The molecular formula is C13H22N4O4. The van der Waals surface area contributed by atoms with E-state index in [0.717, 1.165) is 12.8 Å². The predicted molar refractivity (Wildman–Crippen MR) is 78.4 cm³/mol. The highest BCUT2D eigenvalue weighted by Crippen LogP contribution is 2.29. The number of carbonyl (C=O) groups is 1. The van der Waals surface area contributed by atoms with Crippen LogP contribution in [-0.4, -0.2) is 32.3 Å². The molecule has 0 aliphatic carbocycles. The number of nitro groups is 1. The Hall–Kier alpha value is -2.12. The molecule has 2 N–H and O–H groups in total. The maximum absolute atomic E-state index is 11.2. The molecule has 8 nitrogen and oxygen atoms in total. The summed E-state index contributed by atoms with van der Waals surface area (Å²) in [7, 11) is 1.62. The lowest BCUT2D eigenvalue weighted by molar-refractivity contribution is -0.384. The number of hydrogen-bond acceptors (Lipinski definition) is 5. The average Bonchev–Trinajstić information content (AvgIpc) is 2.71. The van der Waals surface area contributed by atoms with E-state index in [2.05, 4.69) is 10.4 Å². The molecule has 0 saturated heterocycles. The lowest BCUT2D eigenvalue weighted by Gasteiger charge is -2.12. The van der Waals surface area contributed by atoms with Gasteiger partial charge in [0.05, 0.1) is 10.8 Å². The molecule has 21 heavy (non-hydrogen) atoms. The van der Waals surface area contributed by atoms with E-state index in [1.165, 1.54) is 4.68 Å². The molecule has 0 aliphatic rings. The van der Waals surface area contributed by atoms with Crippen LogP contribution >= 0.6 is 0 Å². The first kappa shape index (κ1) is 16.9. The van der Waals surface area contributed by atoms with Gasteiger partial charge in [-0.25, -0.2) is 4.68 Å². The molecule has 0 amide bonds. The molecule has 1 aromatic rings. The van der Waals surface area contributed by atoms with E-state index in [9.17, 15) is 14.9 Å². The van der Waals surface area contributed by atoms with Gasteiger partial charge in [-0.1, -0.05) is 26.7 Å². The fourth-order valence-corrected chi connectivity index (χ4v) is 2.24. The van der Waals surface area contributed by atoms with Crippen molar-refractivity contribution in [3.63, 3.8) is 0 Å². The molecule has 0 radical (unpaired) electrons. The van der Waals surface area contributed by atoms with Crippen LogP contribution in [0.4, 0.5) is 11.5 Å². The molecule has 1 rings (SSSR count). The van der Waals surface area contributed by atoms with Crippen LogP contribution in [0.1, 0.15) is 38.8 Å². The molecule has 1 unspecified atom stereocenters. The number of rotatable bonds is 9. The Bertz CT molecular complexity index is 513. The van der Waals surface area contributed by atoms with Crippen molar-refractivity contribution in [3.8, 4) is 0 Å². The molecule has 1 atom stereocenters. The number of aliphatic carboxylic acids is 1. The maximum atomic E-state index is 11.2. The Kier molecular flexibility index (Phi) is 6.13. The number of aromatic nitrogens is 2. The Balaban J connectivity index is 2.96. The largest absolute Gasteiger partial charge is 0.481 e. The number of hydrogen-bond donors (Lipinski definition) is 2. The van der Waals surface area contributed by atoms with Crippen molar-refractivity contribution in [1.29, 1.82) is 0 Å². The summed E-state index contributed by atoms with van der Waals surface area (Å²) in [5.41, 5.74) is 0.370. The zero-order valence-electron chi connectivity index (χ0n) is 12.6. The van der Waals surface area contributed by atoms with Gasteiger partial charge in [0.2, 0.25) is 5.82 Å². The molecule has 1 heterocycles. The highest BCUT2D eigenvalue weighted by molar-refractivity contribution is 5.71. The lowest BCUT2D eigenvalue weighted by atomic mass is 10.0. The molecule has 0 spiro atoms. The fraction of sp³-hybridized carbons (Fsp3) is 0.692. The molecule has 0 aliphatic heterocycles. The maximum Gasteiger partial charge on any atom is 0.333 e. The smallest absolute Gasteiger partial charge is 0.333 e. The van der Waals surface area contributed by atoms with E-state index in [1.54, 1.807) is 7.05 Å². The molecule has 0 saturated carbocycles. The summed E-state index contributed by atoms with van der Waals surface area (Å²) >= 11 is 0. The first-order valence-corrected chi connectivity index (χ1v) is 7.09. The normalized spacial score (nSPS) is 12.1. The summed E-state index contributed by atoms with van der Waals surface area (Å²) < 4.78 is 1.41. The van der Waals surface area contributed by atoms with Crippen molar-refractivity contribution in [3.05, 3.63) is 15.8 Å². The van der Waals surface area contributed by atoms with E-state index in [-0.39, 0.29) is 18.1 Å². The summed E-state index contributed by atoms with van der Waals surface area (Å²) in [4.78, 5) is 21.9.